The van der Waals surface area contributed by atoms with Crippen molar-refractivity contribution in [1.29, 1.82) is 0 Å². The summed E-state index contributed by atoms with van der Waals surface area (Å²) < 4.78 is 2.24. The summed E-state index contributed by atoms with van der Waals surface area (Å²) in [5.41, 5.74) is 3.98. The summed E-state index contributed by atoms with van der Waals surface area (Å²) in [7, 11) is 0. The summed E-state index contributed by atoms with van der Waals surface area (Å²) in [5, 5.41) is 12.4. The summed E-state index contributed by atoms with van der Waals surface area (Å²) in [6.07, 6.45) is 7.37. The molecular formula is C27H26N4O3. The van der Waals surface area contributed by atoms with E-state index in [0.29, 0.717) is 23.7 Å². The first-order valence-corrected chi connectivity index (χ1v) is 11.6. The Hall–Kier alpha value is -4.00. The smallest absolute Gasteiger partial charge is 0.335 e. The van der Waals surface area contributed by atoms with Gasteiger partial charge in [-0.05, 0) is 55.3 Å². The van der Waals surface area contributed by atoms with Crippen LogP contribution in [0.5, 0.6) is 0 Å². The van der Waals surface area contributed by atoms with Crippen LogP contribution in [0, 0.1) is 0 Å². The minimum Gasteiger partial charge on any atom is -0.478 e. The van der Waals surface area contributed by atoms with Crippen molar-refractivity contribution in [1.82, 2.24) is 19.9 Å². The van der Waals surface area contributed by atoms with E-state index in [-0.39, 0.29) is 11.5 Å². The Morgan fingerprint density at radius 2 is 1.82 bits per heavy atom. The van der Waals surface area contributed by atoms with E-state index in [4.69, 9.17) is 4.98 Å². The average Bonchev–Trinajstić information content (AvgIpc) is 3.27. The van der Waals surface area contributed by atoms with Crippen molar-refractivity contribution in [2.24, 2.45) is 0 Å². The molecule has 0 atom stereocenters. The van der Waals surface area contributed by atoms with Gasteiger partial charge in [-0.3, -0.25) is 9.78 Å². The van der Waals surface area contributed by atoms with Crippen molar-refractivity contribution in [3.63, 3.8) is 0 Å². The Balaban J connectivity index is 1.51. The first-order chi connectivity index (χ1) is 16.6. The van der Waals surface area contributed by atoms with Crippen LogP contribution in [0.25, 0.3) is 22.4 Å². The maximum Gasteiger partial charge on any atom is 0.335 e. The molecule has 7 nitrogen and oxygen atoms in total. The lowest BCUT2D eigenvalue weighted by Gasteiger charge is -2.25. The minimum atomic E-state index is -0.970. The number of pyridine rings is 1. The van der Waals surface area contributed by atoms with E-state index in [9.17, 15) is 14.7 Å². The topological polar surface area (TPSA) is 97.1 Å². The quantitative estimate of drug-likeness (QED) is 0.416. The molecular weight excluding hydrogens is 428 g/mol. The van der Waals surface area contributed by atoms with Crippen LogP contribution in [-0.4, -0.2) is 31.5 Å². The summed E-state index contributed by atoms with van der Waals surface area (Å²) in [5.74, 6) is -0.382. The zero-order valence-corrected chi connectivity index (χ0v) is 18.8. The molecule has 2 heterocycles. The average molecular weight is 455 g/mol. The number of fused-ring (bicyclic) bond motifs is 1. The number of carboxylic acids is 1. The van der Waals surface area contributed by atoms with Crippen molar-refractivity contribution < 1.29 is 14.7 Å². The molecule has 0 bridgehead atoms. The lowest BCUT2D eigenvalue weighted by molar-refractivity contribution is 0.0696. The fourth-order valence-electron chi connectivity index (χ4n) is 4.72. The summed E-state index contributed by atoms with van der Waals surface area (Å²) in [6, 6.07) is 18.5. The maximum atomic E-state index is 12.8. The SMILES string of the molecule is O=C(O)c1ccc2c(c1)nc(-c1cccc(C(=O)NCc3ccccn3)c1)n2C1CCCCC1. The molecule has 7 heteroatoms. The first kappa shape index (κ1) is 21.8. The number of carbonyl (C=O) groups excluding carboxylic acids is 1. The molecule has 2 aromatic carbocycles. The van der Waals surface area contributed by atoms with Crippen molar-refractivity contribution in [3.8, 4) is 11.4 Å². The van der Waals surface area contributed by atoms with E-state index < -0.39 is 5.97 Å². The van der Waals surface area contributed by atoms with E-state index >= 15 is 0 Å². The molecule has 0 saturated heterocycles. The fourth-order valence-corrected chi connectivity index (χ4v) is 4.72. The number of hydrogen-bond donors (Lipinski definition) is 2. The lowest BCUT2D eigenvalue weighted by atomic mass is 9.94. The Kier molecular flexibility index (Phi) is 6.08. The van der Waals surface area contributed by atoms with Crippen LogP contribution in [-0.2, 0) is 6.54 Å². The number of benzene rings is 2. The Bertz CT molecular complexity index is 1340. The van der Waals surface area contributed by atoms with Crippen LogP contribution in [0.3, 0.4) is 0 Å². The van der Waals surface area contributed by atoms with Gasteiger partial charge in [0.05, 0.1) is 28.8 Å². The number of rotatable bonds is 6. The molecule has 1 saturated carbocycles. The highest BCUT2D eigenvalue weighted by atomic mass is 16.4. The molecule has 5 rings (SSSR count). The second-order valence-corrected chi connectivity index (χ2v) is 8.69. The van der Waals surface area contributed by atoms with Crippen LogP contribution in [0.4, 0.5) is 0 Å². The molecule has 0 unspecified atom stereocenters. The highest BCUT2D eigenvalue weighted by molar-refractivity contribution is 5.96. The Labute approximate surface area is 197 Å². The molecule has 172 valence electrons. The molecule has 1 fully saturated rings. The Morgan fingerprint density at radius 1 is 0.971 bits per heavy atom. The highest BCUT2D eigenvalue weighted by Crippen LogP contribution is 2.36. The van der Waals surface area contributed by atoms with Crippen molar-refractivity contribution in [3.05, 3.63) is 83.7 Å². The zero-order chi connectivity index (χ0) is 23.5. The zero-order valence-electron chi connectivity index (χ0n) is 18.8. The normalized spacial score (nSPS) is 14.2. The van der Waals surface area contributed by atoms with E-state index in [2.05, 4.69) is 14.9 Å². The van der Waals surface area contributed by atoms with Crippen molar-refractivity contribution >= 4 is 22.9 Å². The summed E-state index contributed by atoms with van der Waals surface area (Å²) in [6.45, 7) is 0.350. The predicted octanol–water partition coefficient (Wildman–Crippen LogP) is 5.23. The molecule has 1 aliphatic carbocycles. The number of aromatic carboxylic acids is 1. The van der Waals surface area contributed by atoms with Gasteiger partial charge >= 0.3 is 5.97 Å². The van der Waals surface area contributed by atoms with Crippen LogP contribution in [0.2, 0.25) is 0 Å². The number of aromatic nitrogens is 3. The number of nitrogens with zero attached hydrogens (tertiary/aromatic N) is 3. The van der Waals surface area contributed by atoms with Crippen molar-refractivity contribution in [2.45, 2.75) is 44.7 Å². The van der Waals surface area contributed by atoms with E-state index in [1.807, 2.05) is 42.5 Å². The molecule has 4 aromatic rings. The Morgan fingerprint density at radius 3 is 2.59 bits per heavy atom. The van der Waals surface area contributed by atoms with E-state index in [1.54, 1.807) is 24.4 Å². The first-order valence-electron chi connectivity index (χ1n) is 11.6. The van der Waals surface area contributed by atoms with Gasteiger partial charge in [-0.25, -0.2) is 9.78 Å². The standard InChI is InChI=1S/C27H26N4O3/c32-26(29-17-21-9-4-5-14-28-21)19-8-6-7-18(15-19)25-30-23-16-20(27(33)34)12-13-24(23)31(25)22-10-2-1-3-11-22/h4-9,12-16,22H,1-3,10-11,17H2,(H,29,32)(H,33,34). The van der Waals surface area contributed by atoms with Gasteiger partial charge in [-0.2, -0.15) is 0 Å². The van der Waals surface area contributed by atoms with Gasteiger partial charge in [0, 0.05) is 23.4 Å². The number of carboxylic acid groups (broad SMARTS) is 1. The lowest BCUT2D eigenvalue weighted by Crippen LogP contribution is -2.23. The highest BCUT2D eigenvalue weighted by Gasteiger charge is 2.23. The maximum absolute atomic E-state index is 12.8. The molecule has 1 amide bonds. The third kappa shape index (κ3) is 4.41. The third-order valence-corrected chi connectivity index (χ3v) is 6.42. The minimum absolute atomic E-state index is 0.180. The number of amides is 1. The van der Waals surface area contributed by atoms with Gasteiger partial charge in [-0.15, -0.1) is 0 Å². The monoisotopic (exact) mass is 454 g/mol. The van der Waals surface area contributed by atoms with Gasteiger partial charge < -0.3 is 15.0 Å². The molecule has 0 spiro atoms. The van der Waals surface area contributed by atoms with E-state index in [0.717, 1.165) is 48.3 Å². The van der Waals surface area contributed by atoms with Crippen LogP contribution < -0.4 is 5.32 Å². The second-order valence-electron chi connectivity index (χ2n) is 8.69. The van der Waals surface area contributed by atoms with Gasteiger partial charge in [-0.1, -0.05) is 37.5 Å². The molecule has 0 aliphatic heterocycles. The number of imidazole rings is 1. The molecule has 1 aliphatic rings. The van der Waals surface area contributed by atoms with Gasteiger partial charge in [0.2, 0.25) is 0 Å². The molecule has 34 heavy (non-hydrogen) atoms. The summed E-state index contributed by atoms with van der Waals surface area (Å²) >= 11 is 0. The fraction of sp³-hybridized carbons (Fsp3) is 0.259. The van der Waals surface area contributed by atoms with Crippen LogP contribution in [0.15, 0.2) is 66.9 Å². The largest absolute Gasteiger partial charge is 0.478 e. The summed E-state index contributed by atoms with van der Waals surface area (Å²) in [4.78, 5) is 33.5. The predicted molar refractivity (Wildman–Crippen MR) is 130 cm³/mol. The number of hydrogen-bond acceptors (Lipinski definition) is 4. The van der Waals surface area contributed by atoms with Gasteiger partial charge in [0.1, 0.15) is 5.82 Å². The third-order valence-electron chi connectivity index (χ3n) is 6.42. The van der Waals surface area contributed by atoms with Gasteiger partial charge in [0.15, 0.2) is 0 Å². The molecule has 2 aromatic heterocycles. The van der Waals surface area contributed by atoms with Crippen molar-refractivity contribution in [2.75, 3.05) is 0 Å². The van der Waals surface area contributed by atoms with E-state index in [1.165, 1.54) is 6.42 Å². The number of carbonyl (C=O) groups is 2. The molecule has 2 N–H and O–H groups in total. The second kappa shape index (κ2) is 9.47. The van der Waals surface area contributed by atoms with Gasteiger partial charge in [0.25, 0.3) is 5.91 Å². The van der Waals surface area contributed by atoms with Crippen LogP contribution in [0.1, 0.15) is 64.6 Å². The number of nitrogens with one attached hydrogen (secondary N) is 1. The van der Waals surface area contributed by atoms with Crippen LogP contribution >= 0.6 is 0 Å². The molecule has 0 radical (unpaired) electrons.